The fourth-order valence-corrected chi connectivity index (χ4v) is 9.82. The van der Waals surface area contributed by atoms with E-state index < -0.39 is 28.9 Å². The highest BCUT2D eigenvalue weighted by atomic mass is 19.4. The number of alkyl halides is 6. The second-order valence-electron chi connectivity index (χ2n) is 18.1. The molecule has 0 N–H and O–H groups in total. The first-order valence-corrected chi connectivity index (χ1v) is 24.8. The molecule has 0 aromatic heterocycles. The Morgan fingerprint density at radius 1 is 0.234 bits per heavy atom. The molecule has 0 heterocycles. The van der Waals surface area contributed by atoms with Crippen LogP contribution in [0.15, 0.2) is 280 Å². The zero-order valence-corrected chi connectivity index (χ0v) is 41.5. The SMILES string of the molecule is C=Cc1ccc(N(c2ccc(N(c3ccccc3)c3ccccc3)cc2)c2ccc(C(c3ccc(N(c4ccc(C=C)cc4)c4ccc(N(c5ccccc5)c5ccccc5)cc4)cc3)(C(F)(F)F)C(F)(F)F)cc2)cc1. The molecule has 0 unspecified atom stereocenters. The second kappa shape index (κ2) is 21.7. The second-order valence-corrected chi connectivity index (χ2v) is 18.1. The summed E-state index contributed by atoms with van der Waals surface area (Å²) in [6.07, 6.45) is -8.29. The maximum Gasteiger partial charge on any atom is 0.411 e. The fourth-order valence-electron chi connectivity index (χ4n) is 9.82. The van der Waals surface area contributed by atoms with Crippen molar-refractivity contribution in [2.75, 3.05) is 19.6 Å². The zero-order chi connectivity index (χ0) is 53.6. The third-order valence-electron chi connectivity index (χ3n) is 13.5. The summed E-state index contributed by atoms with van der Waals surface area (Å²) in [6.45, 7) is 7.72. The van der Waals surface area contributed by atoms with Crippen molar-refractivity contribution < 1.29 is 26.3 Å². The number of halogens is 6. The largest absolute Gasteiger partial charge is 0.411 e. The molecule has 0 atom stereocenters. The van der Waals surface area contributed by atoms with Crippen LogP contribution in [0, 0.1) is 0 Å². The van der Waals surface area contributed by atoms with E-state index in [2.05, 4.69) is 23.0 Å². The number of benzene rings is 10. The van der Waals surface area contributed by atoms with Crippen molar-refractivity contribution in [3.63, 3.8) is 0 Å². The molecule has 77 heavy (non-hydrogen) atoms. The standard InChI is InChI=1S/C67H50F6N4/c1-3-49-25-33-57(34-26-49)76(63-45-41-61(42-46-63)74(53-17-9-5-10-18-53)54-19-11-6-12-20-54)59-37-29-51(30-38-59)65(66(68,69)70,67(71,72)73)52-31-39-60(40-32-52)77(58-35-27-50(4-2)28-36-58)64-47-43-62(44-48-64)75(55-21-13-7-14-22-55)56-23-15-8-16-24-56/h3-48H,1-2H2. The molecule has 10 aromatic rings. The Balaban J connectivity index is 1.03. The van der Waals surface area contributed by atoms with Gasteiger partial charge in [-0.3, -0.25) is 0 Å². The summed E-state index contributed by atoms with van der Waals surface area (Å²) in [5.74, 6) is 0. The third-order valence-corrected chi connectivity index (χ3v) is 13.5. The summed E-state index contributed by atoms with van der Waals surface area (Å²) in [4.78, 5) is 7.75. The van der Waals surface area contributed by atoms with Gasteiger partial charge in [-0.25, -0.2) is 0 Å². The molecule has 10 rings (SSSR count). The molecule has 0 aliphatic carbocycles. The smallest absolute Gasteiger partial charge is 0.311 e. The summed E-state index contributed by atoms with van der Waals surface area (Å²) in [6, 6.07) is 78.1. The van der Waals surface area contributed by atoms with Crippen LogP contribution in [0.4, 0.5) is 94.6 Å². The van der Waals surface area contributed by atoms with E-state index in [0.717, 1.165) is 69.5 Å². The van der Waals surface area contributed by atoms with Gasteiger partial charge in [-0.1, -0.05) is 147 Å². The molecule has 0 aliphatic rings. The number of anilines is 12. The van der Waals surface area contributed by atoms with Gasteiger partial charge in [0.1, 0.15) is 0 Å². The van der Waals surface area contributed by atoms with Crippen LogP contribution in [0.2, 0.25) is 0 Å². The van der Waals surface area contributed by atoms with Gasteiger partial charge >= 0.3 is 12.4 Å². The maximum absolute atomic E-state index is 15.9. The molecule has 0 spiro atoms. The Labute approximate surface area is 444 Å². The summed E-state index contributed by atoms with van der Waals surface area (Å²) in [5, 5.41) is 0. The van der Waals surface area contributed by atoms with Crippen molar-refractivity contribution in [2.45, 2.75) is 17.8 Å². The van der Waals surface area contributed by atoms with Crippen molar-refractivity contribution in [1.82, 2.24) is 0 Å². The lowest BCUT2D eigenvalue weighted by Crippen LogP contribution is -2.54. The van der Waals surface area contributed by atoms with Crippen molar-refractivity contribution in [3.8, 4) is 0 Å². The van der Waals surface area contributed by atoms with Gasteiger partial charge in [-0.2, -0.15) is 26.3 Å². The van der Waals surface area contributed by atoms with Crippen molar-refractivity contribution in [3.05, 3.63) is 302 Å². The van der Waals surface area contributed by atoms with Crippen LogP contribution in [0.25, 0.3) is 12.2 Å². The molecule has 4 nitrogen and oxygen atoms in total. The van der Waals surface area contributed by atoms with E-state index in [9.17, 15) is 0 Å². The lowest BCUT2D eigenvalue weighted by molar-refractivity contribution is -0.288. The van der Waals surface area contributed by atoms with E-state index in [1.807, 2.05) is 218 Å². The summed E-state index contributed by atoms with van der Waals surface area (Å²) >= 11 is 0. The minimum absolute atomic E-state index is 0.337. The van der Waals surface area contributed by atoms with E-state index in [-0.39, 0.29) is 0 Å². The quantitative estimate of drug-likeness (QED) is 0.0894. The van der Waals surface area contributed by atoms with Crippen LogP contribution in [0.5, 0.6) is 0 Å². The monoisotopic (exact) mass is 1020 g/mol. The van der Waals surface area contributed by atoms with Crippen molar-refractivity contribution >= 4 is 80.4 Å². The molecule has 0 amide bonds. The fraction of sp³-hybridized carbons (Fsp3) is 0.0448. The Kier molecular flexibility index (Phi) is 14.4. The summed E-state index contributed by atoms with van der Waals surface area (Å²) in [5.41, 5.74) is 3.75. The molecule has 0 bridgehead atoms. The zero-order valence-electron chi connectivity index (χ0n) is 41.5. The van der Waals surface area contributed by atoms with Crippen molar-refractivity contribution in [1.29, 1.82) is 0 Å². The average molecular weight is 1030 g/mol. The highest BCUT2D eigenvalue weighted by Crippen LogP contribution is 2.57. The minimum atomic E-state index is -5.83. The van der Waals surface area contributed by atoms with Crippen LogP contribution in [0.1, 0.15) is 22.3 Å². The van der Waals surface area contributed by atoms with E-state index in [1.54, 1.807) is 22.0 Å². The maximum atomic E-state index is 15.9. The molecule has 10 aromatic carbocycles. The van der Waals surface area contributed by atoms with Gasteiger partial charge in [0.25, 0.3) is 0 Å². The van der Waals surface area contributed by atoms with E-state index in [4.69, 9.17) is 0 Å². The molecular weight excluding hydrogens is 975 g/mol. The molecule has 0 fully saturated rings. The molecule has 380 valence electrons. The molecular formula is C67H50F6N4. The van der Waals surface area contributed by atoms with E-state index in [0.29, 0.717) is 34.1 Å². The van der Waals surface area contributed by atoms with Gasteiger partial charge in [0.2, 0.25) is 5.41 Å². The normalized spacial score (nSPS) is 11.6. The molecule has 0 saturated carbocycles. The predicted molar refractivity (Wildman–Crippen MR) is 305 cm³/mol. The minimum Gasteiger partial charge on any atom is -0.311 e. The van der Waals surface area contributed by atoms with Crippen molar-refractivity contribution in [2.24, 2.45) is 0 Å². The summed E-state index contributed by atoms with van der Waals surface area (Å²) in [7, 11) is 0. The molecule has 0 aliphatic heterocycles. The van der Waals surface area contributed by atoms with Gasteiger partial charge in [-0.15, -0.1) is 0 Å². The lowest BCUT2D eigenvalue weighted by atomic mass is 9.72. The lowest BCUT2D eigenvalue weighted by Gasteiger charge is -2.39. The third kappa shape index (κ3) is 10.2. The van der Waals surface area contributed by atoms with Gasteiger partial charge in [0.05, 0.1) is 0 Å². The van der Waals surface area contributed by atoms with Gasteiger partial charge in [0, 0.05) is 68.2 Å². The summed E-state index contributed by atoms with van der Waals surface area (Å²) < 4.78 is 95.4. The highest BCUT2D eigenvalue weighted by Gasteiger charge is 2.72. The first-order chi connectivity index (χ1) is 37.4. The number of para-hydroxylation sites is 4. The van der Waals surface area contributed by atoms with Crippen LogP contribution >= 0.6 is 0 Å². The Morgan fingerprint density at radius 3 is 0.584 bits per heavy atom. The first kappa shape index (κ1) is 51.0. The van der Waals surface area contributed by atoms with Crippen LogP contribution < -0.4 is 19.6 Å². The van der Waals surface area contributed by atoms with Gasteiger partial charge < -0.3 is 19.6 Å². The van der Waals surface area contributed by atoms with Crippen LogP contribution in [0.3, 0.4) is 0 Å². The Morgan fingerprint density at radius 2 is 0.403 bits per heavy atom. The number of rotatable bonds is 16. The molecule has 0 saturated heterocycles. The predicted octanol–water partition coefficient (Wildman–Crippen LogP) is 20.3. The number of hydrogen-bond donors (Lipinski definition) is 0. The van der Waals surface area contributed by atoms with Crippen LogP contribution in [-0.2, 0) is 5.41 Å². The van der Waals surface area contributed by atoms with E-state index >= 15 is 26.3 Å². The topological polar surface area (TPSA) is 13.0 Å². The highest BCUT2D eigenvalue weighted by molar-refractivity contribution is 5.84. The molecule has 10 heteroatoms. The van der Waals surface area contributed by atoms with E-state index in [1.165, 1.54) is 24.3 Å². The number of hydrogen-bond acceptors (Lipinski definition) is 4. The van der Waals surface area contributed by atoms with Gasteiger partial charge in [0.15, 0.2) is 0 Å². The van der Waals surface area contributed by atoms with Gasteiger partial charge in [-0.05, 0) is 168 Å². The Hall–Kier alpha value is -9.54. The first-order valence-electron chi connectivity index (χ1n) is 24.8. The molecule has 0 radical (unpaired) electrons. The number of nitrogens with zero attached hydrogens (tertiary/aromatic N) is 4. The van der Waals surface area contributed by atoms with Crippen LogP contribution in [-0.4, -0.2) is 12.4 Å². The Bertz CT molecular complexity index is 3220. The average Bonchev–Trinajstić information content (AvgIpc) is 3.50.